The van der Waals surface area contributed by atoms with Crippen molar-refractivity contribution in [1.82, 2.24) is 15.5 Å². The lowest BCUT2D eigenvalue weighted by Gasteiger charge is -2.31. The number of carbonyl (C=O) groups is 2. The third-order valence-electron chi connectivity index (χ3n) is 5.37. The van der Waals surface area contributed by atoms with E-state index in [1.165, 1.54) is 0 Å². The zero-order valence-electron chi connectivity index (χ0n) is 20.6. The predicted octanol–water partition coefficient (Wildman–Crippen LogP) is 4.35. The average Bonchev–Trinajstić information content (AvgIpc) is 2.83. The molecule has 0 aromatic heterocycles. The minimum atomic E-state index is -0.972. The maximum atomic E-state index is 12.7. The summed E-state index contributed by atoms with van der Waals surface area (Å²) in [6.45, 7) is 7.47. The molecule has 3 amide bonds. The fourth-order valence-electron chi connectivity index (χ4n) is 3.59. The van der Waals surface area contributed by atoms with Crippen LogP contribution in [0.5, 0.6) is 0 Å². The number of alkyl carbamates (subject to hydrolysis) is 1. The standard InChI is InChI=1S/C27H39N3O4/c1-4-5-16-28-26(32)30(18-21(2)3)19-25(31)24(17-22-12-8-6-9-13-22)29-27(33)34-20-23-14-10-7-11-15-23/h6-15,21,24-25,31H,4-5,16-20H2,1-3H3,(H,28,32)(H,29,33)/t24-,25+/m0/s1. The van der Waals surface area contributed by atoms with Gasteiger partial charge in [-0.1, -0.05) is 87.9 Å². The van der Waals surface area contributed by atoms with E-state index in [0.29, 0.717) is 19.5 Å². The number of aliphatic hydroxyl groups is 1. The fraction of sp³-hybridized carbons (Fsp3) is 0.481. The molecule has 0 spiro atoms. The largest absolute Gasteiger partial charge is 0.445 e. The van der Waals surface area contributed by atoms with Crippen LogP contribution in [0.25, 0.3) is 0 Å². The molecule has 0 saturated heterocycles. The molecule has 0 aliphatic heterocycles. The highest BCUT2D eigenvalue weighted by Gasteiger charge is 2.27. The first kappa shape index (κ1) is 27.2. The van der Waals surface area contributed by atoms with E-state index in [1.54, 1.807) is 4.90 Å². The summed E-state index contributed by atoms with van der Waals surface area (Å²) in [7, 11) is 0. The van der Waals surface area contributed by atoms with Gasteiger partial charge in [-0.15, -0.1) is 0 Å². The maximum absolute atomic E-state index is 12.7. The Morgan fingerprint density at radius 3 is 2.18 bits per heavy atom. The number of benzene rings is 2. The van der Waals surface area contributed by atoms with E-state index in [0.717, 1.165) is 24.0 Å². The normalized spacial score (nSPS) is 12.6. The Labute approximate surface area is 203 Å². The average molecular weight is 470 g/mol. The summed E-state index contributed by atoms with van der Waals surface area (Å²) < 4.78 is 5.37. The van der Waals surface area contributed by atoms with Crippen LogP contribution in [0.15, 0.2) is 60.7 Å². The van der Waals surface area contributed by atoms with E-state index in [-0.39, 0.29) is 25.1 Å². The molecule has 186 valence electrons. The van der Waals surface area contributed by atoms with E-state index in [2.05, 4.69) is 17.6 Å². The molecule has 7 heteroatoms. The summed E-state index contributed by atoms with van der Waals surface area (Å²) in [6, 6.07) is 18.2. The third-order valence-corrected chi connectivity index (χ3v) is 5.37. The van der Waals surface area contributed by atoms with E-state index < -0.39 is 18.2 Å². The zero-order chi connectivity index (χ0) is 24.8. The van der Waals surface area contributed by atoms with Crippen molar-refractivity contribution in [3.63, 3.8) is 0 Å². The van der Waals surface area contributed by atoms with Crippen molar-refractivity contribution in [2.45, 2.75) is 58.8 Å². The molecule has 3 N–H and O–H groups in total. The number of hydrogen-bond donors (Lipinski definition) is 3. The highest BCUT2D eigenvalue weighted by molar-refractivity contribution is 5.74. The first-order valence-corrected chi connectivity index (χ1v) is 12.1. The molecular formula is C27H39N3O4. The third kappa shape index (κ3) is 10.3. The lowest BCUT2D eigenvalue weighted by atomic mass is 10.0. The van der Waals surface area contributed by atoms with Gasteiger partial charge in [-0.3, -0.25) is 0 Å². The maximum Gasteiger partial charge on any atom is 0.407 e. The predicted molar refractivity (Wildman–Crippen MR) is 134 cm³/mol. The molecule has 7 nitrogen and oxygen atoms in total. The number of nitrogens with zero attached hydrogens (tertiary/aromatic N) is 1. The van der Waals surface area contributed by atoms with Crippen molar-refractivity contribution in [2.75, 3.05) is 19.6 Å². The number of hydrogen-bond acceptors (Lipinski definition) is 4. The number of nitrogens with one attached hydrogen (secondary N) is 2. The first-order chi connectivity index (χ1) is 16.4. The van der Waals surface area contributed by atoms with Gasteiger partial charge in [0.15, 0.2) is 0 Å². The van der Waals surface area contributed by atoms with E-state index in [1.807, 2.05) is 74.5 Å². The van der Waals surface area contributed by atoms with Gasteiger partial charge in [0.05, 0.1) is 18.7 Å². The van der Waals surface area contributed by atoms with E-state index in [4.69, 9.17) is 4.74 Å². The Kier molecular flexibility index (Phi) is 12.0. The Hall–Kier alpha value is -3.06. The van der Waals surface area contributed by atoms with Crippen molar-refractivity contribution in [1.29, 1.82) is 0 Å². The molecule has 2 aromatic carbocycles. The molecule has 0 fully saturated rings. The molecule has 0 unspecified atom stereocenters. The molecule has 2 rings (SSSR count). The second-order valence-electron chi connectivity index (χ2n) is 8.95. The van der Waals surface area contributed by atoms with Crippen molar-refractivity contribution in [2.24, 2.45) is 5.92 Å². The van der Waals surface area contributed by atoms with Crippen LogP contribution in [0.3, 0.4) is 0 Å². The summed E-state index contributed by atoms with van der Waals surface area (Å²) >= 11 is 0. The summed E-state index contributed by atoms with van der Waals surface area (Å²) in [5, 5.41) is 16.9. The van der Waals surface area contributed by atoms with E-state index >= 15 is 0 Å². The van der Waals surface area contributed by atoms with Gasteiger partial charge in [0.25, 0.3) is 0 Å². The number of ether oxygens (including phenoxy) is 1. The number of rotatable bonds is 13. The molecule has 2 aromatic rings. The van der Waals surface area contributed by atoms with Gasteiger partial charge < -0.3 is 25.4 Å². The van der Waals surface area contributed by atoms with Gasteiger partial charge >= 0.3 is 12.1 Å². The molecule has 0 aliphatic rings. The van der Waals surface area contributed by atoms with Gasteiger partial charge in [0.1, 0.15) is 6.61 Å². The van der Waals surface area contributed by atoms with Gasteiger partial charge in [0.2, 0.25) is 0 Å². The number of amides is 3. The van der Waals surface area contributed by atoms with Gasteiger partial charge in [-0.25, -0.2) is 9.59 Å². The quantitative estimate of drug-likeness (QED) is 0.380. The molecule has 0 aliphatic carbocycles. The topological polar surface area (TPSA) is 90.9 Å². The van der Waals surface area contributed by atoms with Crippen LogP contribution < -0.4 is 10.6 Å². The Bertz CT molecular complexity index is 845. The lowest BCUT2D eigenvalue weighted by Crippen LogP contribution is -2.53. The smallest absolute Gasteiger partial charge is 0.407 e. The van der Waals surface area contributed by atoms with E-state index in [9.17, 15) is 14.7 Å². The number of carbonyl (C=O) groups excluding carboxylic acids is 2. The SMILES string of the molecule is CCCCNC(=O)N(CC(C)C)C[C@@H](O)[C@H](Cc1ccccc1)NC(=O)OCc1ccccc1. The second-order valence-corrected chi connectivity index (χ2v) is 8.95. The molecule has 34 heavy (non-hydrogen) atoms. The summed E-state index contributed by atoms with van der Waals surface area (Å²) in [6.07, 6.45) is 0.720. The Morgan fingerprint density at radius 1 is 0.971 bits per heavy atom. The molecular weight excluding hydrogens is 430 g/mol. The fourth-order valence-corrected chi connectivity index (χ4v) is 3.59. The number of aliphatic hydroxyl groups excluding tert-OH is 1. The minimum Gasteiger partial charge on any atom is -0.445 e. The van der Waals surface area contributed by atoms with Crippen molar-refractivity contribution >= 4 is 12.1 Å². The number of urea groups is 1. The Balaban J connectivity index is 2.07. The van der Waals surface area contributed by atoms with Gasteiger partial charge in [-0.2, -0.15) is 0 Å². The van der Waals surface area contributed by atoms with Crippen molar-refractivity contribution in [3.05, 3.63) is 71.8 Å². The highest BCUT2D eigenvalue weighted by Crippen LogP contribution is 2.11. The number of unbranched alkanes of at least 4 members (excludes halogenated alkanes) is 1. The molecule has 0 heterocycles. The molecule has 0 bridgehead atoms. The minimum absolute atomic E-state index is 0.104. The van der Waals surface area contributed by atoms with Crippen LogP contribution in [0.4, 0.5) is 9.59 Å². The van der Waals surface area contributed by atoms with Crippen LogP contribution in [-0.4, -0.2) is 53.9 Å². The second kappa shape index (κ2) is 15.0. The van der Waals surface area contributed by atoms with Gasteiger partial charge in [-0.05, 0) is 29.9 Å². The monoisotopic (exact) mass is 469 g/mol. The molecule has 0 saturated carbocycles. The first-order valence-electron chi connectivity index (χ1n) is 12.1. The van der Waals surface area contributed by atoms with Gasteiger partial charge in [0, 0.05) is 13.1 Å². The highest BCUT2D eigenvalue weighted by atomic mass is 16.5. The Morgan fingerprint density at radius 2 is 1.59 bits per heavy atom. The summed E-state index contributed by atoms with van der Waals surface area (Å²) in [5.41, 5.74) is 1.85. The van der Waals surface area contributed by atoms with Crippen LogP contribution in [0, 0.1) is 5.92 Å². The summed E-state index contributed by atoms with van der Waals surface area (Å²) in [4.78, 5) is 26.9. The zero-order valence-corrected chi connectivity index (χ0v) is 20.6. The lowest BCUT2D eigenvalue weighted by molar-refractivity contribution is 0.0760. The van der Waals surface area contributed by atoms with Crippen LogP contribution >= 0.6 is 0 Å². The molecule has 0 radical (unpaired) electrons. The van der Waals surface area contributed by atoms with Crippen LogP contribution in [0.2, 0.25) is 0 Å². The van der Waals surface area contributed by atoms with Crippen molar-refractivity contribution in [3.8, 4) is 0 Å². The van der Waals surface area contributed by atoms with Crippen LogP contribution in [-0.2, 0) is 17.8 Å². The molecule has 2 atom stereocenters. The summed E-state index contributed by atoms with van der Waals surface area (Å²) in [5.74, 6) is 0.237. The van der Waals surface area contributed by atoms with Crippen molar-refractivity contribution < 1.29 is 19.4 Å². The van der Waals surface area contributed by atoms with Crippen LogP contribution in [0.1, 0.15) is 44.7 Å².